The van der Waals surface area contributed by atoms with Gasteiger partial charge in [-0.25, -0.2) is 0 Å². The number of rotatable bonds is 6. The average Bonchev–Trinajstić information content (AvgIpc) is 2.43. The van der Waals surface area contributed by atoms with Crippen molar-refractivity contribution in [2.75, 3.05) is 6.61 Å². The number of nitrogens with one attached hydrogen (secondary N) is 1. The third kappa shape index (κ3) is 5.19. The topological polar surface area (TPSA) is 21.3 Å². The zero-order chi connectivity index (χ0) is 13.1. The van der Waals surface area contributed by atoms with Crippen molar-refractivity contribution >= 4 is 24.8 Å². The molecule has 2 nitrogen and oxygen atoms in total. The molecular formula is C14H27Cl2NOTi. The van der Waals surface area contributed by atoms with Crippen LogP contribution in [0.3, 0.4) is 0 Å². The number of hydrogen-bond acceptors (Lipinski definition) is 2. The first kappa shape index (κ1) is 22.0. The molecule has 1 aliphatic carbocycles. The summed E-state index contributed by atoms with van der Waals surface area (Å²) in [5.74, 6) is 0. The summed E-state index contributed by atoms with van der Waals surface area (Å²) < 4.78 is 4.82. The van der Waals surface area contributed by atoms with Gasteiger partial charge >= 0.3 is 115 Å². The number of unbranched alkanes of at least 4 members (excludes halogenated alkanes) is 1. The molecule has 0 aromatic rings. The third-order valence-electron chi connectivity index (χ3n) is 3.91. The van der Waals surface area contributed by atoms with Crippen LogP contribution >= 0.6 is 24.8 Å². The molecule has 0 unspecified atom stereocenters. The Kier molecular flexibility index (Phi) is 11.1. The smallest absolute Gasteiger partial charge is 0.147 e. The Morgan fingerprint density at radius 2 is 1.68 bits per heavy atom. The van der Waals surface area contributed by atoms with Crippen LogP contribution < -0.4 is 3.96 Å². The van der Waals surface area contributed by atoms with Crippen molar-refractivity contribution in [1.82, 2.24) is 3.96 Å². The van der Waals surface area contributed by atoms with Gasteiger partial charge in [-0.05, 0) is 0 Å². The first-order valence-corrected chi connectivity index (χ1v) is 8.01. The maximum atomic E-state index is 5.50. The van der Waals surface area contributed by atoms with E-state index in [4.69, 9.17) is 4.84 Å². The molecule has 0 saturated carbocycles. The van der Waals surface area contributed by atoms with Gasteiger partial charge in [0.25, 0.3) is 0 Å². The van der Waals surface area contributed by atoms with Gasteiger partial charge in [0.1, 0.15) is 0 Å². The van der Waals surface area contributed by atoms with E-state index in [-0.39, 0.29) is 49.6 Å². The van der Waals surface area contributed by atoms with Crippen molar-refractivity contribution in [3.63, 3.8) is 0 Å². The predicted octanol–water partition coefficient (Wildman–Crippen LogP) is 4.80. The summed E-state index contributed by atoms with van der Waals surface area (Å²) in [4.78, 5) is 5.50. The van der Waals surface area contributed by atoms with E-state index in [1.807, 2.05) is 0 Å². The summed E-state index contributed by atoms with van der Waals surface area (Å²) in [5.41, 5.74) is 4.71. The van der Waals surface area contributed by atoms with E-state index in [9.17, 15) is 0 Å². The molecule has 0 fully saturated rings. The van der Waals surface area contributed by atoms with Crippen LogP contribution in [0.15, 0.2) is 20.6 Å². The van der Waals surface area contributed by atoms with Gasteiger partial charge in [0.05, 0.1) is 0 Å². The second kappa shape index (κ2) is 9.60. The van der Waals surface area contributed by atoms with Crippen molar-refractivity contribution in [2.45, 2.75) is 54.4 Å². The van der Waals surface area contributed by atoms with Crippen LogP contribution in [0, 0.1) is 5.41 Å². The van der Waals surface area contributed by atoms with Gasteiger partial charge in [-0.1, -0.05) is 0 Å². The second-order valence-electron chi connectivity index (χ2n) is 5.30. The van der Waals surface area contributed by atoms with Crippen LogP contribution in [0.2, 0.25) is 0 Å². The van der Waals surface area contributed by atoms with E-state index in [1.54, 1.807) is 3.88 Å². The monoisotopic (exact) mass is 343 g/mol. The predicted molar refractivity (Wildman–Crippen MR) is 83.3 cm³/mol. The Bertz CT molecular complexity index is 351. The minimum Gasteiger partial charge on any atom is -0.147 e. The van der Waals surface area contributed by atoms with E-state index in [0.29, 0.717) is 0 Å². The summed E-state index contributed by atoms with van der Waals surface area (Å²) in [6.07, 6.45) is 2.32. The van der Waals surface area contributed by atoms with E-state index < -0.39 is 0 Å². The van der Waals surface area contributed by atoms with Crippen LogP contribution in [0.4, 0.5) is 0 Å². The Morgan fingerprint density at radius 1 is 1.11 bits per heavy atom. The molecule has 0 heterocycles. The van der Waals surface area contributed by atoms with Gasteiger partial charge in [-0.2, -0.15) is 0 Å². The zero-order valence-electron chi connectivity index (χ0n) is 12.8. The summed E-state index contributed by atoms with van der Waals surface area (Å²) in [6.45, 7) is 14.4. The molecule has 1 aliphatic rings. The van der Waals surface area contributed by atoms with Crippen molar-refractivity contribution in [3.05, 3.63) is 20.6 Å². The number of allylic oxidation sites excluding steroid dienone is 4. The fourth-order valence-electron chi connectivity index (χ4n) is 2.20. The summed E-state index contributed by atoms with van der Waals surface area (Å²) in [6, 6.07) is 0. The quantitative estimate of drug-likeness (QED) is 0.425. The van der Waals surface area contributed by atoms with E-state index >= 15 is 0 Å². The molecule has 1 N–H and O–H groups in total. The van der Waals surface area contributed by atoms with Crippen LogP contribution in [-0.4, -0.2) is 6.61 Å². The maximum absolute atomic E-state index is 5.50. The first-order valence-electron chi connectivity index (χ1n) is 6.45. The molecule has 0 amide bonds. The largest absolute Gasteiger partial charge is 0.147 e. The van der Waals surface area contributed by atoms with Crippen molar-refractivity contribution in [1.29, 1.82) is 0 Å². The molecule has 1 rings (SSSR count). The SMILES string of the molecule is CCCCO[NH][Ti][C]1=C(C)C(C)=C(C)C1(C)C.Cl.Cl. The Labute approximate surface area is 139 Å². The molecule has 19 heavy (non-hydrogen) atoms. The summed E-state index contributed by atoms with van der Waals surface area (Å²) in [5, 5.41) is 0. The number of hydrogen-bond donors (Lipinski definition) is 1. The molecule has 5 heteroatoms. The van der Waals surface area contributed by atoms with Crippen molar-refractivity contribution < 1.29 is 24.2 Å². The van der Waals surface area contributed by atoms with Gasteiger partial charge in [-0.15, -0.1) is 24.8 Å². The van der Waals surface area contributed by atoms with Crippen molar-refractivity contribution in [2.24, 2.45) is 5.41 Å². The molecule has 0 radical (unpaired) electrons. The summed E-state index contributed by atoms with van der Waals surface area (Å²) >= 11 is -0.358. The van der Waals surface area contributed by atoms with Gasteiger partial charge in [0.15, 0.2) is 0 Å². The fourth-order valence-corrected chi connectivity index (χ4v) is 4.00. The van der Waals surface area contributed by atoms with Gasteiger partial charge in [0.2, 0.25) is 0 Å². The van der Waals surface area contributed by atoms with Crippen LogP contribution in [0.25, 0.3) is 0 Å². The molecule has 0 aromatic heterocycles. The molecule has 0 atom stereocenters. The Hall–Kier alpha value is 0.694. The molecule has 0 bridgehead atoms. The van der Waals surface area contributed by atoms with Crippen LogP contribution in [0.1, 0.15) is 54.4 Å². The van der Waals surface area contributed by atoms with E-state index in [1.165, 1.54) is 23.1 Å². The second-order valence-corrected chi connectivity index (χ2v) is 6.79. The minimum atomic E-state index is -0.358. The van der Waals surface area contributed by atoms with E-state index in [2.05, 4.69) is 45.5 Å². The zero-order valence-corrected chi connectivity index (χ0v) is 16.0. The fraction of sp³-hybridized carbons (Fsp3) is 0.714. The van der Waals surface area contributed by atoms with Crippen molar-refractivity contribution in [3.8, 4) is 0 Å². The molecule has 0 saturated heterocycles. The summed E-state index contributed by atoms with van der Waals surface area (Å²) in [7, 11) is 0. The first-order chi connectivity index (χ1) is 7.92. The Balaban J connectivity index is 0. The standard InChI is InChI=1S/C10H15.C4H10NO.2ClH.Ti/c1-7-6-10(4,5)9(3)8(7)2;1-2-3-4-6-5;;;/h1-5H3;5H,2-4H2,1H3;2*1H;/q;-1;;;+1. The van der Waals surface area contributed by atoms with Crippen LogP contribution in [-0.2, 0) is 24.2 Å². The molecule has 0 aliphatic heterocycles. The van der Waals surface area contributed by atoms with Gasteiger partial charge < -0.3 is 0 Å². The Morgan fingerprint density at radius 3 is 2.11 bits per heavy atom. The molecular weight excluding hydrogens is 317 g/mol. The van der Waals surface area contributed by atoms with Gasteiger partial charge in [0, 0.05) is 0 Å². The normalized spacial score (nSPS) is 17.2. The average molecular weight is 344 g/mol. The molecule has 0 spiro atoms. The van der Waals surface area contributed by atoms with Gasteiger partial charge in [-0.3, -0.25) is 0 Å². The molecule has 112 valence electrons. The number of halogens is 2. The minimum absolute atomic E-state index is 0. The third-order valence-corrected chi connectivity index (χ3v) is 6.25. The van der Waals surface area contributed by atoms with Crippen LogP contribution in [0.5, 0.6) is 0 Å². The molecule has 0 aromatic carbocycles. The maximum Gasteiger partial charge on any atom is -0.147 e. The van der Waals surface area contributed by atoms with E-state index in [0.717, 1.165) is 13.0 Å².